The SMILES string of the molecule is COCC1CC2OC3C(COC)OC(OC4C(COC)OC(OC5C(COC)OC(OC6C(COC)OC(OC7C(COC)OC(OC1C(OC)C2OC)C(OC)C7OC)C(OC)C6OC)C(OC)C5OC)C(OC)C4OC)C(OC)C3C=O.II. The quantitative estimate of drug-likeness (QED) is 0.0961. The molecule has 30 atom stereocenters. The molecule has 22 rings (SSSR count). The van der Waals surface area contributed by atoms with E-state index < -0.39 is 184 Å². The van der Waals surface area contributed by atoms with Crippen LogP contribution in [0.4, 0.5) is 0 Å². The third-order valence-corrected chi connectivity index (χ3v) is 17.1. The van der Waals surface area contributed by atoms with Gasteiger partial charge in [-0.05, 0) is 6.42 Å². The smallest absolute Gasteiger partial charge is 0.187 e. The van der Waals surface area contributed by atoms with E-state index in [0.29, 0.717) is 0 Å². The van der Waals surface area contributed by atoms with Gasteiger partial charge < -0.3 is 137 Å². The number of halogens is 2. The lowest BCUT2D eigenvalue weighted by Gasteiger charge is -2.53. The van der Waals surface area contributed by atoms with Crippen LogP contribution in [-0.2, 0) is 137 Å². The second-order valence-corrected chi connectivity index (χ2v) is 21.5. The average molecular weight is 1480 g/mol. The van der Waals surface area contributed by atoms with Crippen molar-refractivity contribution < 1.29 is 137 Å². The molecular formula is C55H96I2O29. The summed E-state index contributed by atoms with van der Waals surface area (Å²) < 4.78 is 179. The summed E-state index contributed by atoms with van der Waals surface area (Å²) in [7, 11) is 25.8. The summed E-state index contributed by atoms with van der Waals surface area (Å²) in [4.78, 5) is 13.7. The molecule has 1 aliphatic carbocycles. The number of methoxy groups -OCH3 is 17. The van der Waals surface area contributed by atoms with Crippen LogP contribution < -0.4 is 0 Å². The maximum Gasteiger partial charge on any atom is 0.187 e. The molecule has 30 unspecified atom stereocenters. The Kier molecular flexibility index (Phi) is 33.0. The van der Waals surface area contributed by atoms with Gasteiger partial charge in [-0.1, -0.05) is 0 Å². The van der Waals surface area contributed by atoms with Gasteiger partial charge in [0.25, 0.3) is 0 Å². The Morgan fingerprint density at radius 1 is 0.291 bits per heavy atom. The summed E-state index contributed by atoms with van der Waals surface area (Å²) in [6, 6.07) is 0. The fourth-order valence-electron chi connectivity index (χ4n) is 13.3. The van der Waals surface area contributed by atoms with Crippen LogP contribution in [0.5, 0.6) is 0 Å². The first-order valence-corrected chi connectivity index (χ1v) is 34.7. The third kappa shape index (κ3) is 16.7. The maximum atomic E-state index is 13.7. The lowest BCUT2D eigenvalue weighted by molar-refractivity contribution is -0.401. The minimum atomic E-state index is -1.25. The zero-order valence-corrected chi connectivity index (χ0v) is 56.8. The van der Waals surface area contributed by atoms with E-state index in [9.17, 15) is 4.79 Å². The zero-order chi connectivity index (χ0) is 62.8. The van der Waals surface area contributed by atoms with Crippen LogP contribution in [-0.4, -0.2) is 339 Å². The number of aldehydes is 1. The molecule has 504 valence electrons. The molecule has 1 saturated carbocycles. The Morgan fingerprint density at radius 2 is 0.535 bits per heavy atom. The summed E-state index contributed by atoms with van der Waals surface area (Å²) in [5.74, 6) is -1.45. The van der Waals surface area contributed by atoms with Crippen molar-refractivity contribution in [2.75, 3.05) is 161 Å². The summed E-state index contributed by atoms with van der Waals surface area (Å²) in [6.45, 7) is 0.0999. The first kappa shape index (κ1) is 75.0. The van der Waals surface area contributed by atoms with Crippen LogP contribution in [0.25, 0.3) is 0 Å². The highest BCUT2D eigenvalue weighted by Crippen LogP contribution is 2.43. The molecule has 0 radical (unpaired) electrons. The van der Waals surface area contributed by atoms with Crippen LogP contribution >= 0.6 is 37.2 Å². The Labute approximate surface area is 528 Å². The summed E-state index contributed by atoms with van der Waals surface area (Å²) in [5.41, 5.74) is 0. The average Bonchev–Trinajstić information content (AvgIpc) is 2.00. The van der Waals surface area contributed by atoms with Crippen molar-refractivity contribution in [3.63, 3.8) is 0 Å². The molecule has 22 aliphatic rings. The Hall–Kier alpha value is 0.01000. The highest BCUT2D eigenvalue weighted by atomic mass is 128. The molecule has 86 heavy (non-hydrogen) atoms. The molecule has 21 saturated heterocycles. The van der Waals surface area contributed by atoms with Crippen LogP contribution in [0.1, 0.15) is 6.42 Å². The van der Waals surface area contributed by atoms with E-state index in [0.717, 1.165) is 6.29 Å². The van der Waals surface area contributed by atoms with Gasteiger partial charge in [-0.2, -0.15) is 0 Å². The van der Waals surface area contributed by atoms with Gasteiger partial charge >= 0.3 is 0 Å². The van der Waals surface area contributed by atoms with Crippen LogP contribution in [0, 0.1) is 11.8 Å². The minimum Gasteiger partial charge on any atom is -0.384 e. The van der Waals surface area contributed by atoms with Crippen molar-refractivity contribution in [1.82, 2.24) is 0 Å². The normalized spacial score (nSPS) is 45.0. The molecule has 0 N–H and O–H groups in total. The number of hydrogen-bond acceptors (Lipinski definition) is 29. The molecular weight excluding hydrogens is 1380 g/mol. The van der Waals surface area contributed by atoms with Gasteiger partial charge in [0.15, 0.2) is 31.5 Å². The van der Waals surface area contributed by atoms with Crippen LogP contribution in [0.3, 0.4) is 0 Å². The predicted molar refractivity (Wildman–Crippen MR) is 312 cm³/mol. The molecule has 21 heterocycles. The second kappa shape index (κ2) is 37.8. The number of rotatable bonds is 24. The van der Waals surface area contributed by atoms with E-state index in [-0.39, 0.29) is 46.1 Å². The van der Waals surface area contributed by atoms with Crippen molar-refractivity contribution in [3.8, 4) is 0 Å². The van der Waals surface area contributed by atoms with Crippen LogP contribution in [0.15, 0.2) is 0 Å². The van der Waals surface area contributed by atoms with E-state index >= 15 is 0 Å². The molecule has 31 heteroatoms. The van der Waals surface area contributed by atoms with E-state index in [2.05, 4.69) is 37.2 Å². The second-order valence-electron chi connectivity index (χ2n) is 21.5. The van der Waals surface area contributed by atoms with E-state index in [1.165, 1.54) is 99.5 Å². The van der Waals surface area contributed by atoms with E-state index in [1.54, 1.807) is 21.3 Å². The summed E-state index contributed by atoms with van der Waals surface area (Å²) in [5, 5.41) is 0. The monoisotopic (exact) mass is 1470 g/mol. The van der Waals surface area contributed by atoms with Gasteiger partial charge in [-0.25, -0.2) is 0 Å². The first-order valence-electron chi connectivity index (χ1n) is 28.4. The summed E-state index contributed by atoms with van der Waals surface area (Å²) >= 11 is 4.24. The molecule has 29 nitrogen and oxygen atoms in total. The lowest BCUT2D eigenvalue weighted by Crippen LogP contribution is -2.69. The van der Waals surface area contributed by atoms with Gasteiger partial charge in [0.1, 0.15) is 128 Å². The molecule has 0 spiro atoms. The number of carbonyl (C=O) groups is 1. The van der Waals surface area contributed by atoms with Crippen molar-refractivity contribution >= 4 is 43.5 Å². The molecule has 0 aromatic rings. The van der Waals surface area contributed by atoms with Gasteiger partial charge in [0.05, 0.1) is 63.9 Å². The van der Waals surface area contributed by atoms with Gasteiger partial charge in [-0.15, -0.1) is 0 Å². The third-order valence-electron chi connectivity index (χ3n) is 17.1. The maximum absolute atomic E-state index is 13.7. The molecule has 0 aromatic carbocycles. The topological polar surface area (TPSA) is 276 Å². The highest BCUT2D eigenvalue weighted by molar-refractivity contribution is 15.0. The highest BCUT2D eigenvalue weighted by Gasteiger charge is 2.61. The standard InChI is InChI=1S/C55H96O29.I2/c1-57-20-26-18-28-37(64-8)42(65-9)34(26)80-52-47(70-14)44(67-11)39(31(76-52)23-60-4)82-54-49(72-16)46(69-13)41(33(78-54)25-62-6)84-55-50(73-17)45(68-12)40(32(79-55)24-61-5)83-53-48(71-15)43(66-10)38(30(77-53)22-59-3)81-51-36(63-7)27(19-56)35(74-28)29(75-51)21-58-2;1-2/h19,26-55H,18,20-25H2,1-17H3;. The van der Waals surface area contributed by atoms with E-state index in [4.69, 9.17) is 133 Å². The van der Waals surface area contributed by atoms with Gasteiger partial charge in [0, 0.05) is 164 Å². The molecule has 12 bridgehead atoms. The number of carbonyl (C=O) groups excluding carboxylic acids is 1. The number of ether oxygens (including phenoxy) is 28. The lowest BCUT2D eigenvalue weighted by atomic mass is 9.80. The van der Waals surface area contributed by atoms with Crippen molar-refractivity contribution in [1.29, 1.82) is 0 Å². The molecule has 22 fully saturated rings. The van der Waals surface area contributed by atoms with E-state index in [1.807, 2.05) is 0 Å². The van der Waals surface area contributed by atoms with Crippen molar-refractivity contribution in [3.05, 3.63) is 0 Å². The fourth-order valence-corrected chi connectivity index (χ4v) is 13.3. The van der Waals surface area contributed by atoms with Gasteiger partial charge in [0.2, 0.25) is 0 Å². The largest absolute Gasteiger partial charge is 0.384 e. The predicted octanol–water partition coefficient (Wildman–Crippen LogP) is 0.954. The van der Waals surface area contributed by atoms with Gasteiger partial charge in [-0.3, -0.25) is 0 Å². The Bertz CT molecular complexity index is 1870. The summed E-state index contributed by atoms with van der Waals surface area (Å²) in [6.07, 6.45) is -26.1. The molecule has 0 aromatic heterocycles. The Balaban J connectivity index is 0.00000585. The zero-order valence-electron chi connectivity index (χ0n) is 52.4. The van der Waals surface area contributed by atoms with Crippen molar-refractivity contribution in [2.24, 2.45) is 11.8 Å². The molecule has 0 amide bonds. The minimum absolute atomic E-state index is 0.00528. The van der Waals surface area contributed by atoms with Crippen LogP contribution in [0.2, 0.25) is 0 Å². The number of hydrogen-bond donors (Lipinski definition) is 0. The fraction of sp³-hybridized carbons (Fsp3) is 0.982. The molecule has 21 aliphatic heterocycles. The van der Waals surface area contributed by atoms with Crippen molar-refractivity contribution in [2.45, 2.75) is 178 Å². The first-order chi connectivity index (χ1) is 41.9. The Morgan fingerprint density at radius 3 is 0.791 bits per heavy atom.